The summed E-state index contributed by atoms with van der Waals surface area (Å²) in [6, 6.07) is 2.95. The molecule has 1 unspecified atom stereocenters. The predicted octanol–water partition coefficient (Wildman–Crippen LogP) is 2.82. The first-order valence-electron chi connectivity index (χ1n) is 5.94. The number of rotatable bonds is 2. The Morgan fingerprint density at radius 3 is 2.71 bits per heavy atom. The van der Waals surface area contributed by atoms with Crippen LogP contribution in [-0.2, 0) is 0 Å². The predicted molar refractivity (Wildman–Crippen MR) is 66.7 cm³/mol. The largest absolute Gasteiger partial charge is 0.388 e. The summed E-state index contributed by atoms with van der Waals surface area (Å²) in [7, 11) is 0. The van der Waals surface area contributed by atoms with Gasteiger partial charge in [0.05, 0.1) is 6.10 Å². The van der Waals surface area contributed by atoms with Crippen molar-refractivity contribution in [1.29, 1.82) is 0 Å². The molecule has 1 fully saturated rings. The fourth-order valence-electron chi connectivity index (χ4n) is 2.32. The normalized spacial score (nSPS) is 19.3. The Morgan fingerprint density at radius 2 is 2.06 bits per heavy atom. The molecule has 1 heterocycles. The molecule has 1 atom stereocenters. The molecule has 0 aromatic heterocycles. The molecular weight excluding hydrogens is 241 g/mol. The van der Waals surface area contributed by atoms with Crippen molar-refractivity contribution < 1.29 is 9.50 Å². The molecule has 0 bridgehead atoms. The lowest BCUT2D eigenvalue weighted by Gasteiger charge is -2.28. The number of hydrogen-bond donors (Lipinski definition) is 2. The van der Waals surface area contributed by atoms with Crippen LogP contribution in [0.1, 0.15) is 30.1 Å². The van der Waals surface area contributed by atoms with E-state index in [9.17, 15) is 9.50 Å². The fourth-order valence-corrected chi connectivity index (χ4v) is 2.58. The zero-order valence-electron chi connectivity index (χ0n) is 9.84. The van der Waals surface area contributed by atoms with Crippen molar-refractivity contribution in [3.8, 4) is 0 Å². The lowest BCUT2D eigenvalue weighted by Crippen LogP contribution is -2.31. The first kappa shape index (κ1) is 12.8. The lowest BCUT2D eigenvalue weighted by atomic mass is 9.87. The second kappa shape index (κ2) is 5.34. The molecule has 2 N–H and O–H groups in total. The van der Waals surface area contributed by atoms with Gasteiger partial charge in [-0.3, -0.25) is 0 Å². The van der Waals surface area contributed by atoms with Crippen LogP contribution in [0.15, 0.2) is 12.1 Å². The van der Waals surface area contributed by atoms with Gasteiger partial charge in [-0.05, 0) is 62.0 Å². The van der Waals surface area contributed by atoms with Crippen molar-refractivity contribution >= 4 is 11.6 Å². The topological polar surface area (TPSA) is 32.3 Å². The Kier molecular flexibility index (Phi) is 4.02. The molecule has 2 rings (SSSR count). The quantitative estimate of drug-likeness (QED) is 0.854. The first-order chi connectivity index (χ1) is 8.09. The highest BCUT2D eigenvalue weighted by molar-refractivity contribution is 6.31. The van der Waals surface area contributed by atoms with Gasteiger partial charge in [0.2, 0.25) is 0 Å². The summed E-state index contributed by atoms with van der Waals surface area (Å²) in [5.41, 5.74) is 1.18. The number of nitrogens with one attached hydrogen (secondary N) is 1. The summed E-state index contributed by atoms with van der Waals surface area (Å²) in [5, 5.41) is 13.9. The number of halogens is 2. The smallest absolute Gasteiger partial charge is 0.127 e. The van der Waals surface area contributed by atoms with E-state index >= 15 is 0 Å². The van der Waals surface area contributed by atoms with Gasteiger partial charge >= 0.3 is 0 Å². The van der Waals surface area contributed by atoms with Crippen LogP contribution in [0.2, 0.25) is 5.02 Å². The second-order valence-corrected chi connectivity index (χ2v) is 5.06. The Bertz CT molecular complexity index is 405. The van der Waals surface area contributed by atoms with Gasteiger partial charge in [0, 0.05) is 5.02 Å². The second-order valence-electron chi connectivity index (χ2n) is 4.66. The van der Waals surface area contributed by atoms with Crippen LogP contribution < -0.4 is 5.32 Å². The SMILES string of the molecule is Cc1cc(C(O)C2CCNCC2)c(Cl)cc1F. The molecule has 1 aliphatic heterocycles. The molecule has 1 saturated heterocycles. The highest BCUT2D eigenvalue weighted by Gasteiger charge is 2.25. The minimum absolute atomic E-state index is 0.207. The molecule has 94 valence electrons. The van der Waals surface area contributed by atoms with E-state index in [0.29, 0.717) is 16.1 Å². The molecule has 0 saturated carbocycles. The zero-order chi connectivity index (χ0) is 12.4. The summed E-state index contributed by atoms with van der Waals surface area (Å²) >= 11 is 6.00. The maximum Gasteiger partial charge on any atom is 0.127 e. The summed E-state index contributed by atoms with van der Waals surface area (Å²) in [6.45, 7) is 3.52. The summed E-state index contributed by atoms with van der Waals surface area (Å²) in [5.74, 6) is -0.116. The van der Waals surface area contributed by atoms with Gasteiger partial charge in [-0.15, -0.1) is 0 Å². The van der Waals surface area contributed by atoms with Crippen LogP contribution in [0.3, 0.4) is 0 Å². The molecular formula is C13H17ClFNO. The fraction of sp³-hybridized carbons (Fsp3) is 0.538. The maximum absolute atomic E-state index is 13.3. The van der Waals surface area contributed by atoms with Crippen molar-refractivity contribution in [2.75, 3.05) is 13.1 Å². The number of aliphatic hydroxyl groups is 1. The minimum atomic E-state index is -0.594. The molecule has 1 aromatic rings. The van der Waals surface area contributed by atoms with E-state index in [4.69, 9.17) is 11.6 Å². The number of piperidine rings is 1. The highest BCUT2D eigenvalue weighted by atomic mass is 35.5. The molecule has 17 heavy (non-hydrogen) atoms. The Balaban J connectivity index is 2.23. The average Bonchev–Trinajstić information content (AvgIpc) is 2.34. The van der Waals surface area contributed by atoms with E-state index in [0.717, 1.165) is 25.9 Å². The van der Waals surface area contributed by atoms with Crippen LogP contribution in [0.5, 0.6) is 0 Å². The van der Waals surface area contributed by atoms with Crippen molar-refractivity contribution in [3.63, 3.8) is 0 Å². The van der Waals surface area contributed by atoms with E-state index < -0.39 is 6.10 Å². The summed E-state index contributed by atoms with van der Waals surface area (Å²) < 4.78 is 13.3. The van der Waals surface area contributed by atoms with Crippen molar-refractivity contribution in [2.45, 2.75) is 25.9 Å². The van der Waals surface area contributed by atoms with Gasteiger partial charge in [0.15, 0.2) is 0 Å². The average molecular weight is 258 g/mol. The molecule has 0 amide bonds. The van der Waals surface area contributed by atoms with E-state index in [1.807, 2.05) is 0 Å². The third-order valence-electron chi connectivity index (χ3n) is 3.43. The Morgan fingerprint density at radius 1 is 1.41 bits per heavy atom. The van der Waals surface area contributed by atoms with Gasteiger partial charge in [0.25, 0.3) is 0 Å². The number of hydrogen-bond acceptors (Lipinski definition) is 2. The Hall–Kier alpha value is -0.640. The van der Waals surface area contributed by atoms with Gasteiger partial charge in [-0.2, -0.15) is 0 Å². The standard InChI is InChI=1S/C13H17ClFNO/c1-8-6-10(11(14)7-12(8)15)13(17)9-2-4-16-5-3-9/h6-7,9,13,16-17H,2-5H2,1H3. The minimum Gasteiger partial charge on any atom is -0.388 e. The van der Waals surface area contributed by atoms with Gasteiger partial charge in [-0.25, -0.2) is 4.39 Å². The van der Waals surface area contributed by atoms with Crippen LogP contribution in [0, 0.1) is 18.7 Å². The van der Waals surface area contributed by atoms with E-state index in [2.05, 4.69) is 5.32 Å². The molecule has 0 spiro atoms. The number of aryl methyl sites for hydroxylation is 1. The molecule has 2 nitrogen and oxygen atoms in total. The number of aliphatic hydroxyl groups excluding tert-OH is 1. The third kappa shape index (κ3) is 2.79. The third-order valence-corrected chi connectivity index (χ3v) is 3.75. The van der Waals surface area contributed by atoms with Crippen molar-refractivity contribution in [1.82, 2.24) is 5.32 Å². The molecule has 0 radical (unpaired) electrons. The monoisotopic (exact) mass is 257 g/mol. The van der Waals surface area contributed by atoms with E-state index in [1.54, 1.807) is 13.0 Å². The van der Waals surface area contributed by atoms with Crippen LogP contribution in [-0.4, -0.2) is 18.2 Å². The maximum atomic E-state index is 13.3. The number of benzene rings is 1. The lowest BCUT2D eigenvalue weighted by molar-refractivity contribution is 0.0889. The van der Waals surface area contributed by atoms with Crippen LogP contribution in [0.4, 0.5) is 4.39 Å². The molecule has 0 aliphatic carbocycles. The van der Waals surface area contributed by atoms with Crippen LogP contribution >= 0.6 is 11.6 Å². The van der Waals surface area contributed by atoms with Gasteiger partial charge in [-0.1, -0.05) is 11.6 Å². The zero-order valence-corrected chi connectivity index (χ0v) is 10.6. The summed E-state index contributed by atoms with van der Waals surface area (Å²) in [6.07, 6.45) is 1.26. The van der Waals surface area contributed by atoms with E-state index in [-0.39, 0.29) is 11.7 Å². The van der Waals surface area contributed by atoms with Crippen LogP contribution in [0.25, 0.3) is 0 Å². The van der Waals surface area contributed by atoms with Crippen molar-refractivity contribution in [3.05, 3.63) is 34.1 Å². The highest BCUT2D eigenvalue weighted by Crippen LogP contribution is 2.34. The first-order valence-corrected chi connectivity index (χ1v) is 6.31. The van der Waals surface area contributed by atoms with Gasteiger partial charge < -0.3 is 10.4 Å². The van der Waals surface area contributed by atoms with Crippen molar-refractivity contribution in [2.24, 2.45) is 5.92 Å². The Labute approximate surface area is 106 Å². The summed E-state index contributed by atoms with van der Waals surface area (Å²) in [4.78, 5) is 0. The molecule has 1 aliphatic rings. The van der Waals surface area contributed by atoms with E-state index in [1.165, 1.54) is 6.07 Å². The van der Waals surface area contributed by atoms with Gasteiger partial charge in [0.1, 0.15) is 5.82 Å². The molecule has 4 heteroatoms. The molecule has 1 aromatic carbocycles.